The molecule has 4 aromatic rings. The number of pyridine rings is 1. The van der Waals surface area contributed by atoms with Gasteiger partial charge in [0.1, 0.15) is 6.10 Å². The number of hydrogen-bond acceptors (Lipinski definition) is 7. The van der Waals surface area contributed by atoms with Gasteiger partial charge in [0.15, 0.2) is 0 Å². The maximum Gasteiger partial charge on any atom is 0.255 e. The van der Waals surface area contributed by atoms with E-state index in [-0.39, 0.29) is 12.0 Å². The van der Waals surface area contributed by atoms with Gasteiger partial charge in [-0.25, -0.2) is 9.97 Å². The van der Waals surface area contributed by atoms with Crippen LogP contribution in [0.25, 0.3) is 11.3 Å². The second kappa shape index (κ2) is 10.4. The van der Waals surface area contributed by atoms with Gasteiger partial charge in [0, 0.05) is 41.1 Å². The van der Waals surface area contributed by atoms with Gasteiger partial charge in [-0.2, -0.15) is 0 Å². The molecule has 0 radical (unpaired) electrons. The van der Waals surface area contributed by atoms with Crippen LogP contribution in [0, 0.1) is 6.92 Å². The lowest BCUT2D eigenvalue weighted by molar-refractivity contribution is -0.135. The maximum absolute atomic E-state index is 12.8. The number of amides is 1. The molecule has 8 heteroatoms. The molecule has 2 aromatic heterocycles. The van der Waals surface area contributed by atoms with Crippen LogP contribution in [0.3, 0.4) is 0 Å². The fourth-order valence-electron chi connectivity index (χ4n) is 3.53. The summed E-state index contributed by atoms with van der Waals surface area (Å²) in [4.78, 5) is 25.9. The molecule has 2 aromatic carbocycles. The Morgan fingerprint density at radius 3 is 2.69 bits per heavy atom. The normalized spacial score (nSPS) is 13.2. The van der Waals surface area contributed by atoms with Crippen LogP contribution in [0.5, 0.6) is 0 Å². The maximum atomic E-state index is 12.8. The van der Waals surface area contributed by atoms with Crippen molar-refractivity contribution in [3.63, 3.8) is 0 Å². The van der Waals surface area contributed by atoms with Crippen molar-refractivity contribution in [1.82, 2.24) is 15.0 Å². The van der Waals surface area contributed by atoms with Crippen LogP contribution in [-0.4, -0.2) is 40.2 Å². The van der Waals surface area contributed by atoms with Crippen LogP contribution in [0.1, 0.15) is 21.5 Å². The first kappa shape index (κ1) is 22.6. The van der Waals surface area contributed by atoms with Gasteiger partial charge < -0.3 is 20.1 Å². The average molecular weight is 468 g/mol. The Bertz CT molecular complexity index is 1310. The second-order valence-electron chi connectivity index (χ2n) is 8.28. The number of carbonyl (C=O) groups excluding carboxylic acids is 1. The van der Waals surface area contributed by atoms with Gasteiger partial charge in [-0.1, -0.05) is 18.2 Å². The Morgan fingerprint density at radius 1 is 1.09 bits per heavy atom. The Kier molecular flexibility index (Phi) is 6.74. The molecule has 8 nitrogen and oxygen atoms in total. The summed E-state index contributed by atoms with van der Waals surface area (Å²) < 4.78 is 10.8. The third kappa shape index (κ3) is 5.68. The molecule has 2 N–H and O–H groups in total. The van der Waals surface area contributed by atoms with Gasteiger partial charge in [-0.05, 0) is 60.5 Å². The fraction of sp³-hybridized carbons (Fsp3) is 0.185. The molecule has 0 bridgehead atoms. The molecule has 1 aliphatic rings. The number of nitrogens with zero attached hydrogens (tertiary/aromatic N) is 3. The molecule has 0 aliphatic carbocycles. The van der Waals surface area contributed by atoms with E-state index in [1.54, 1.807) is 30.7 Å². The van der Waals surface area contributed by atoms with E-state index in [4.69, 9.17) is 9.47 Å². The zero-order valence-corrected chi connectivity index (χ0v) is 19.3. The Labute approximate surface area is 203 Å². The molecular weight excluding hydrogens is 442 g/mol. The van der Waals surface area contributed by atoms with Crippen LogP contribution in [0.15, 0.2) is 79.3 Å². The lowest BCUT2D eigenvalue weighted by Gasteiger charge is -2.25. The minimum Gasteiger partial charge on any atom is -0.376 e. The minimum atomic E-state index is -0.186. The predicted molar refractivity (Wildman–Crippen MR) is 134 cm³/mol. The highest BCUT2D eigenvalue weighted by Crippen LogP contribution is 2.24. The van der Waals surface area contributed by atoms with Crippen LogP contribution >= 0.6 is 0 Å². The van der Waals surface area contributed by atoms with Crippen LogP contribution in [0.2, 0.25) is 0 Å². The number of benzene rings is 2. The number of aryl methyl sites for hydroxylation is 1. The SMILES string of the molecule is Cc1ccc(NC(=O)c2ccc(COC3COC3)cc2)cc1Nc1nccc(-c2cccnc2)n1. The van der Waals surface area contributed by atoms with Crippen LogP contribution in [-0.2, 0) is 16.1 Å². The molecule has 1 fully saturated rings. The monoisotopic (exact) mass is 467 g/mol. The van der Waals surface area contributed by atoms with Crippen molar-refractivity contribution in [1.29, 1.82) is 0 Å². The first-order chi connectivity index (χ1) is 17.1. The highest BCUT2D eigenvalue weighted by molar-refractivity contribution is 6.04. The summed E-state index contributed by atoms with van der Waals surface area (Å²) in [6.07, 6.45) is 5.36. The Balaban J connectivity index is 1.25. The summed E-state index contributed by atoms with van der Waals surface area (Å²) in [5.74, 6) is 0.277. The third-order valence-corrected chi connectivity index (χ3v) is 5.66. The predicted octanol–water partition coefficient (Wildman–Crippen LogP) is 4.76. The highest BCUT2D eigenvalue weighted by Gasteiger charge is 2.18. The topological polar surface area (TPSA) is 98.3 Å². The lowest BCUT2D eigenvalue weighted by Crippen LogP contribution is -2.35. The van der Waals surface area contributed by atoms with Crippen LogP contribution in [0.4, 0.5) is 17.3 Å². The molecule has 0 spiro atoms. The molecule has 35 heavy (non-hydrogen) atoms. The molecule has 1 amide bonds. The fourth-order valence-corrected chi connectivity index (χ4v) is 3.53. The van der Waals surface area contributed by atoms with Crippen molar-refractivity contribution in [2.75, 3.05) is 23.8 Å². The van der Waals surface area contributed by atoms with Gasteiger partial charge in [0.05, 0.1) is 25.5 Å². The van der Waals surface area contributed by atoms with Gasteiger partial charge in [-0.3, -0.25) is 9.78 Å². The molecule has 1 aliphatic heterocycles. The summed E-state index contributed by atoms with van der Waals surface area (Å²) in [6.45, 7) is 3.79. The standard InChI is InChI=1S/C27H25N5O3/c1-18-4-9-22(30-26(33)20-7-5-19(6-8-20)15-35-23-16-34-17-23)13-25(18)32-27-29-12-10-24(31-27)21-3-2-11-28-14-21/h2-14,23H,15-17H2,1H3,(H,30,33)(H,29,31,32). The number of rotatable bonds is 8. The largest absolute Gasteiger partial charge is 0.376 e. The van der Waals surface area contributed by atoms with Crippen molar-refractivity contribution in [2.45, 2.75) is 19.6 Å². The summed E-state index contributed by atoms with van der Waals surface area (Å²) in [7, 11) is 0. The van der Waals surface area contributed by atoms with E-state index in [1.807, 2.05) is 55.5 Å². The lowest BCUT2D eigenvalue weighted by atomic mass is 10.1. The zero-order valence-electron chi connectivity index (χ0n) is 19.3. The molecule has 5 rings (SSSR count). The molecule has 3 heterocycles. The van der Waals surface area contributed by atoms with E-state index in [9.17, 15) is 4.79 Å². The molecule has 0 atom stereocenters. The van der Waals surface area contributed by atoms with E-state index in [0.717, 1.165) is 28.1 Å². The molecule has 0 saturated carbocycles. The number of ether oxygens (including phenoxy) is 2. The van der Waals surface area contributed by atoms with Crippen molar-refractivity contribution >= 4 is 23.2 Å². The van der Waals surface area contributed by atoms with E-state index in [0.29, 0.717) is 37.0 Å². The van der Waals surface area contributed by atoms with Crippen molar-refractivity contribution in [3.8, 4) is 11.3 Å². The van der Waals surface area contributed by atoms with Gasteiger partial charge in [0.25, 0.3) is 5.91 Å². The van der Waals surface area contributed by atoms with Gasteiger partial charge in [-0.15, -0.1) is 0 Å². The Morgan fingerprint density at radius 2 is 1.94 bits per heavy atom. The molecule has 176 valence electrons. The number of aromatic nitrogens is 3. The first-order valence-electron chi connectivity index (χ1n) is 11.3. The summed E-state index contributed by atoms with van der Waals surface area (Å²) >= 11 is 0. The highest BCUT2D eigenvalue weighted by atomic mass is 16.6. The summed E-state index contributed by atoms with van der Waals surface area (Å²) in [6, 6.07) is 18.7. The van der Waals surface area contributed by atoms with Gasteiger partial charge >= 0.3 is 0 Å². The van der Waals surface area contributed by atoms with E-state index in [2.05, 4.69) is 25.6 Å². The van der Waals surface area contributed by atoms with E-state index < -0.39 is 0 Å². The van der Waals surface area contributed by atoms with Crippen molar-refractivity contribution in [2.24, 2.45) is 0 Å². The van der Waals surface area contributed by atoms with Crippen molar-refractivity contribution < 1.29 is 14.3 Å². The van der Waals surface area contributed by atoms with E-state index in [1.165, 1.54) is 0 Å². The van der Waals surface area contributed by atoms with Crippen LogP contribution < -0.4 is 10.6 Å². The number of hydrogen-bond donors (Lipinski definition) is 2. The Hall–Kier alpha value is -4.14. The quantitative estimate of drug-likeness (QED) is 0.386. The van der Waals surface area contributed by atoms with E-state index >= 15 is 0 Å². The number of carbonyl (C=O) groups is 1. The first-order valence-corrected chi connectivity index (χ1v) is 11.3. The smallest absolute Gasteiger partial charge is 0.255 e. The minimum absolute atomic E-state index is 0.172. The third-order valence-electron chi connectivity index (χ3n) is 5.66. The summed E-state index contributed by atoms with van der Waals surface area (Å²) in [5.41, 5.74) is 5.74. The average Bonchev–Trinajstić information content (AvgIpc) is 2.86. The zero-order chi connectivity index (χ0) is 24.0. The number of nitrogens with one attached hydrogen (secondary N) is 2. The molecular formula is C27H25N5O3. The van der Waals surface area contributed by atoms with Gasteiger partial charge in [0.2, 0.25) is 5.95 Å². The molecule has 1 saturated heterocycles. The number of anilines is 3. The summed E-state index contributed by atoms with van der Waals surface area (Å²) in [5, 5.41) is 6.22. The molecule has 0 unspecified atom stereocenters. The second-order valence-corrected chi connectivity index (χ2v) is 8.28. The van der Waals surface area contributed by atoms with Crippen molar-refractivity contribution in [3.05, 3.63) is 95.9 Å².